The lowest BCUT2D eigenvalue weighted by molar-refractivity contribution is 0.0667. The maximum atomic E-state index is 12.9. The molecule has 2 aromatic rings. The van der Waals surface area contributed by atoms with Gasteiger partial charge in [-0.25, -0.2) is 0 Å². The van der Waals surface area contributed by atoms with Crippen molar-refractivity contribution in [3.05, 3.63) is 47.9 Å². The molecule has 10 heteroatoms. The molecule has 0 atom stereocenters. The number of hydrogen-bond acceptors (Lipinski definition) is 6. The lowest BCUT2D eigenvalue weighted by Crippen LogP contribution is -2.46. The molecule has 33 heavy (non-hydrogen) atoms. The number of piperidine rings is 1. The first kappa shape index (κ1) is 21.7. The van der Waals surface area contributed by atoms with E-state index in [9.17, 15) is 18.0 Å². The average Bonchev–Trinajstić information content (AvgIpc) is 3.25. The molecule has 174 valence electrons. The molecular formula is C23H26N4O5S. The van der Waals surface area contributed by atoms with Crippen LogP contribution in [0.5, 0.6) is 0 Å². The highest BCUT2D eigenvalue weighted by molar-refractivity contribution is 7.90. The highest BCUT2D eigenvalue weighted by Crippen LogP contribution is 2.35. The van der Waals surface area contributed by atoms with Gasteiger partial charge >= 0.3 is 0 Å². The molecule has 0 unspecified atom stereocenters. The lowest BCUT2D eigenvalue weighted by Gasteiger charge is -2.32. The van der Waals surface area contributed by atoms with Gasteiger partial charge in [0.05, 0.1) is 12.0 Å². The number of hydrogen-bond donors (Lipinski definition) is 1. The van der Waals surface area contributed by atoms with Gasteiger partial charge in [0.1, 0.15) is 10.7 Å². The van der Waals surface area contributed by atoms with E-state index < -0.39 is 10.0 Å². The minimum absolute atomic E-state index is 0.0830. The number of rotatable bonds is 3. The zero-order valence-corrected chi connectivity index (χ0v) is 19.0. The molecule has 2 amide bonds. The number of benzene rings is 1. The molecule has 0 bridgehead atoms. The van der Waals surface area contributed by atoms with Crippen LogP contribution in [-0.4, -0.2) is 56.6 Å². The lowest BCUT2D eigenvalue weighted by atomic mass is 10.0. The Balaban J connectivity index is 1.27. The number of carbonyl (C=O) groups excluding carboxylic acids is 2. The van der Waals surface area contributed by atoms with Gasteiger partial charge in [-0.05, 0) is 56.0 Å². The molecule has 1 aromatic carbocycles. The van der Waals surface area contributed by atoms with Crippen molar-refractivity contribution in [1.82, 2.24) is 10.2 Å². The Bertz CT molecular complexity index is 1200. The van der Waals surface area contributed by atoms with Crippen molar-refractivity contribution >= 4 is 33.4 Å². The van der Waals surface area contributed by atoms with Crippen molar-refractivity contribution in [3.63, 3.8) is 0 Å². The Morgan fingerprint density at radius 3 is 2.64 bits per heavy atom. The Morgan fingerprint density at radius 1 is 1.06 bits per heavy atom. The summed E-state index contributed by atoms with van der Waals surface area (Å²) in [4.78, 5) is 29.1. The first-order chi connectivity index (χ1) is 15.9. The van der Waals surface area contributed by atoms with E-state index in [4.69, 9.17) is 4.42 Å². The molecule has 4 heterocycles. The van der Waals surface area contributed by atoms with Gasteiger partial charge in [0.15, 0.2) is 5.76 Å². The Morgan fingerprint density at radius 2 is 1.88 bits per heavy atom. The Kier molecular flexibility index (Phi) is 5.69. The largest absolute Gasteiger partial charge is 0.459 e. The van der Waals surface area contributed by atoms with Crippen LogP contribution in [0, 0.1) is 0 Å². The predicted molar refractivity (Wildman–Crippen MR) is 122 cm³/mol. The van der Waals surface area contributed by atoms with Crippen LogP contribution in [0.15, 0.2) is 50.3 Å². The van der Waals surface area contributed by atoms with Gasteiger partial charge < -0.3 is 19.5 Å². The number of nitrogens with one attached hydrogen (secondary N) is 1. The average molecular weight is 471 g/mol. The summed E-state index contributed by atoms with van der Waals surface area (Å²) < 4.78 is 34.8. The molecule has 0 aliphatic carbocycles. The summed E-state index contributed by atoms with van der Waals surface area (Å²) >= 11 is 0. The molecule has 5 rings (SSSR count). The van der Waals surface area contributed by atoms with Gasteiger partial charge in [0.25, 0.3) is 21.8 Å². The van der Waals surface area contributed by atoms with Crippen LogP contribution in [0.25, 0.3) is 0 Å². The van der Waals surface area contributed by atoms with Crippen molar-refractivity contribution in [1.29, 1.82) is 0 Å². The number of sulfonamides is 1. The van der Waals surface area contributed by atoms with Crippen LogP contribution in [0.1, 0.15) is 59.4 Å². The second-order valence-corrected chi connectivity index (χ2v) is 10.2. The maximum Gasteiger partial charge on any atom is 0.289 e. The third-order valence-electron chi connectivity index (χ3n) is 6.46. The third-order valence-corrected chi connectivity index (χ3v) is 7.79. The van der Waals surface area contributed by atoms with Gasteiger partial charge in [-0.2, -0.15) is 8.42 Å². The summed E-state index contributed by atoms with van der Waals surface area (Å²) in [6, 6.07) is 8.04. The van der Waals surface area contributed by atoms with Crippen molar-refractivity contribution in [3.8, 4) is 0 Å². The van der Waals surface area contributed by atoms with E-state index in [1.807, 2.05) is 4.90 Å². The van der Waals surface area contributed by atoms with Crippen molar-refractivity contribution in [2.24, 2.45) is 4.40 Å². The standard InChI is InChI=1S/C23H26N4O5S/c28-22(24-17-9-12-26(13-10-17)23(29)19-5-4-14-32-19)16-7-8-18-20(15-16)33(30,31)25-21-6-2-1-3-11-27(18)21/h4-5,7-8,14-15,17H,1-3,6,9-13H2,(H,24,28). The van der Waals surface area contributed by atoms with Gasteiger partial charge in [-0.1, -0.05) is 6.42 Å². The van der Waals surface area contributed by atoms with E-state index in [2.05, 4.69) is 9.71 Å². The fourth-order valence-electron chi connectivity index (χ4n) is 4.67. The van der Waals surface area contributed by atoms with E-state index in [0.717, 1.165) is 25.8 Å². The second-order valence-electron chi connectivity index (χ2n) is 8.64. The quantitative estimate of drug-likeness (QED) is 0.738. The Hall–Kier alpha value is -3.14. The van der Waals surface area contributed by atoms with Crippen molar-refractivity contribution in [2.75, 3.05) is 24.5 Å². The zero-order valence-electron chi connectivity index (χ0n) is 18.2. The van der Waals surface area contributed by atoms with Crippen molar-refractivity contribution in [2.45, 2.75) is 49.5 Å². The van der Waals surface area contributed by atoms with Crippen LogP contribution in [-0.2, 0) is 10.0 Å². The molecule has 1 N–H and O–H groups in total. The molecule has 0 spiro atoms. The van der Waals surface area contributed by atoms with E-state index in [1.54, 1.807) is 29.2 Å². The molecule has 0 saturated carbocycles. The minimum Gasteiger partial charge on any atom is -0.459 e. The smallest absolute Gasteiger partial charge is 0.289 e. The summed E-state index contributed by atoms with van der Waals surface area (Å²) in [6.07, 6.45) is 6.28. The molecule has 3 aliphatic heterocycles. The van der Waals surface area contributed by atoms with E-state index in [0.29, 0.717) is 55.2 Å². The summed E-state index contributed by atoms with van der Waals surface area (Å²) in [5, 5.41) is 2.99. The van der Waals surface area contributed by atoms with Gasteiger partial charge in [0, 0.05) is 37.7 Å². The summed E-state index contributed by atoms with van der Waals surface area (Å²) in [7, 11) is -3.84. The predicted octanol–water partition coefficient (Wildman–Crippen LogP) is 2.80. The number of amides is 2. The fourth-order valence-corrected chi connectivity index (χ4v) is 5.96. The molecule has 2 fully saturated rings. The fraction of sp³-hybridized carbons (Fsp3) is 0.435. The number of furan rings is 1. The van der Waals surface area contributed by atoms with Crippen LogP contribution in [0.2, 0.25) is 0 Å². The topological polar surface area (TPSA) is 112 Å². The molecule has 1 aromatic heterocycles. The summed E-state index contributed by atoms with van der Waals surface area (Å²) in [5.41, 5.74) is 0.892. The first-order valence-corrected chi connectivity index (χ1v) is 12.8. The van der Waals surface area contributed by atoms with E-state index in [1.165, 1.54) is 12.3 Å². The number of amidine groups is 1. The first-order valence-electron chi connectivity index (χ1n) is 11.3. The number of nitrogens with zero attached hydrogens (tertiary/aromatic N) is 3. The van der Waals surface area contributed by atoms with Crippen LogP contribution >= 0.6 is 0 Å². The van der Waals surface area contributed by atoms with Gasteiger partial charge in [-0.3, -0.25) is 9.59 Å². The summed E-state index contributed by atoms with van der Waals surface area (Å²) in [6.45, 7) is 1.74. The number of fused-ring (bicyclic) bond motifs is 3. The van der Waals surface area contributed by atoms with Gasteiger partial charge in [0.2, 0.25) is 0 Å². The van der Waals surface area contributed by atoms with Crippen LogP contribution in [0.3, 0.4) is 0 Å². The maximum absolute atomic E-state index is 12.9. The van der Waals surface area contributed by atoms with Crippen LogP contribution < -0.4 is 10.2 Å². The zero-order chi connectivity index (χ0) is 23.0. The monoisotopic (exact) mass is 470 g/mol. The molecule has 0 radical (unpaired) electrons. The number of carbonyl (C=O) groups is 2. The molecular weight excluding hydrogens is 444 g/mol. The molecule has 3 aliphatic rings. The number of anilines is 1. The normalized spacial score (nSPS) is 20.3. The van der Waals surface area contributed by atoms with Crippen LogP contribution in [0.4, 0.5) is 5.69 Å². The molecule has 9 nitrogen and oxygen atoms in total. The highest BCUT2D eigenvalue weighted by atomic mass is 32.2. The SMILES string of the molecule is O=C(NC1CCN(C(=O)c2ccco2)CC1)c1ccc2c(c1)S(=O)(=O)N=C1CCCCCN12. The van der Waals surface area contributed by atoms with Crippen molar-refractivity contribution < 1.29 is 22.4 Å². The van der Waals surface area contributed by atoms with E-state index in [-0.39, 0.29) is 22.8 Å². The summed E-state index contributed by atoms with van der Waals surface area (Å²) in [5.74, 6) is 0.420. The minimum atomic E-state index is -3.84. The molecule has 2 saturated heterocycles. The Labute approximate surface area is 192 Å². The van der Waals surface area contributed by atoms with Gasteiger partial charge in [-0.15, -0.1) is 4.40 Å². The third kappa shape index (κ3) is 4.27. The highest BCUT2D eigenvalue weighted by Gasteiger charge is 2.32. The number of likely N-dealkylation sites (tertiary alicyclic amines) is 1. The van der Waals surface area contributed by atoms with E-state index >= 15 is 0 Å². The second kappa shape index (κ2) is 8.66.